The van der Waals surface area contributed by atoms with Gasteiger partial charge in [0.2, 0.25) is 19.7 Å². The van der Waals surface area contributed by atoms with Gasteiger partial charge in [0, 0.05) is 65.8 Å². The van der Waals surface area contributed by atoms with E-state index in [1.807, 2.05) is 103 Å². The first-order valence-electron chi connectivity index (χ1n) is 33.7. The van der Waals surface area contributed by atoms with Crippen LogP contribution in [0.1, 0.15) is 105 Å². The highest BCUT2D eigenvalue weighted by atomic mass is 32.2. The molecule has 0 atom stereocenters. The summed E-state index contributed by atoms with van der Waals surface area (Å²) in [5, 5.41) is 9.42. The molecule has 0 unspecified atom stereocenters. The van der Waals surface area contributed by atoms with E-state index < -0.39 is 19.7 Å². The Balaban J connectivity index is 0.000000168. The summed E-state index contributed by atoms with van der Waals surface area (Å²) < 4.78 is 65.1. The average molecular weight is 1320 g/mol. The summed E-state index contributed by atoms with van der Waals surface area (Å²) in [5.74, 6) is 0. The van der Waals surface area contributed by atoms with Crippen molar-refractivity contribution in [2.24, 2.45) is 0 Å². The SMILES string of the molecule is CC(C)(C)c1ccc2c(c1)c1cc(C(C)(C)C)ccc1n2-c1ccc(S(=O)(=O)c2cccc(-n3c4ccc(C(C)(C)C)cc4c4cc(C(C)(C)C)ccc43)c2)cc1.O=S(=O)(c1ccc(-n2c3ccccc3c3ccccc32)cc1)c1ccc(-n2c3ccccc3c3ccccc32)cc1. The van der Waals surface area contributed by atoms with Gasteiger partial charge in [0.05, 0.1) is 63.7 Å². The van der Waals surface area contributed by atoms with Gasteiger partial charge in [0.15, 0.2) is 0 Å². The number of nitrogens with zero attached hydrogens (tertiary/aromatic N) is 4. The van der Waals surface area contributed by atoms with E-state index in [0.717, 1.165) is 66.9 Å². The Morgan fingerprint density at radius 3 is 0.704 bits per heavy atom. The van der Waals surface area contributed by atoms with Crippen molar-refractivity contribution in [1.82, 2.24) is 18.3 Å². The van der Waals surface area contributed by atoms with E-state index in [2.05, 4.69) is 223 Å². The quantitative estimate of drug-likeness (QED) is 0.152. The molecule has 0 saturated heterocycles. The standard InChI is InChI=1S/C52H56N2O2S.C36H24N2O2S/c1-49(2,3)33-16-24-45-41(28-33)42-29-34(50(4,5)6)17-25-46(42)53(45)37-20-22-39(23-21-37)57(55,56)40-15-13-14-38(32-40)54-47-26-18-35(51(7,8)9)30-43(47)44-31-36(52(10,11)12)19-27-48(44)54;39-41(40,27-21-17-25(18-22-27)37-33-13-5-1-9-29(33)30-10-2-6-14-34(30)37)28-23-19-26(20-24-28)38-35-15-7-3-11-31(35)32-12-4-8-16-36(32)38/h13-32H,1-12H3;1-24H. The van der Waals surface area contributed by atoms with Crippen LogP contribution in [0.4, 0.5) is 0 Å². The number of para-hydroxylation sites is 4. The first-order chi connectivity index (χ1) is 46.6. The second-order valence-corrected chi connectivity index (χ2v) is 34.2. The van der Waals surface area contributed by atoms with Crippen LogP contribution < -0.4 is 0 Å². The van der Waals surface area contributed by atoms with Crippen molar-refractivity contribution in [2.75, 3.05) is 0 Å². The molecule has 488 valence electrons. The molecular formula is C88H80N4O4S2. The molecule has 0 bridgehead atoms. The minimum Gasteiger partial charge on any atom is -0.309 e. The van der Waals surface area contributed by atoms with Gasteiger partial charge in [-0.05, 0) is 208 Å². The van der Waals surface area contributed by atoms with Crippen molar-refractivity contribution in [1.29, 1.82) is 0 Å². The van der Waals surface area contributed by atoms with Crippen molar-refractivity contribution >= 4 is 107 Å². The third kappa shape index (κ3) is 10.9. The third-order valence-electron chi connectivity index (χ3n) is 19.8. The number of hydrogen-bond donors (Lipinski definition) is 0. The van der Waals surface area contributed by atoms with Gasteiger partial charge in [0.1, 0.15) is 0 Å². The summed E-state index contributed by atoms with van der Waals surface area (Å²) in [4.78, 5) is 1.07. The summed E-state index contributed by atoms with van der Waals surface area (Å²) in [6.07, 6.45) is 0. The lowest BCUT2D eigenvalue weighted by Gasteiger charge is -2.19. The number of aromatic nitrogens is 4. The van der Waals surface area contributed by atoms with E-state index in [9.17, 15) is 16.8 Å². The lowest BCUT2D eigenvalue weighted by Crippen LogP contribution is -2.10. The van der Waals surface area contributed by atoms with Gasteiger partial charge in [-0.15, -0.1) is 0 Å². The van der Waals surface area contributed by atoms with Gasteiger partial charge in [-0.2, -0.15) is 0 Å². The van der Waals surface area contributed by atoms with Crippen LogP contribution in [0.2, 0.25) is 0 Å². The monoisotopic (exact) mass is 1320 g/mol. The van der Waals surface area contributed by atoms with Crippen LogP contribution in [0, 0.1) is 0 Å². The van der Waals surface area contributed by atoms with Crippen LogP contribution in [0.3, 0.4) is 0 Å². The summed E-state index contributed by atoms with van der Waals surface area (Å²) in [7, 11) is -7.55. The highest BCUT2D eigenvalue weighted by Gasteiger charge is 2.27. The maximum atomic E-state index is 14.5. The second-order valence-electron chi connectivity index (χ2n) is 30.3. The molecule has 4 aromatic heterocycles. The van der Waals surface area contributed by atoms with Gasteiger partial charge >= 0.3 is 0 Å². The maximum Gasteiger partial charge on any atom is 0.206 e. The molecule has 0 saturated carbocycles. The third-order valence-corrected chi connectivity index (χ3v) is 23.3. The molecule has 10 heteroatoms. The number of benzene rings is 12. The number of fused-ring (bicyclic) bond motifs is 12. The van der Waals surface area contributed by atoms with Crippen LogP contribution in [0.15, 0.2) is 287 Å². The predicted molar refractivity (Wildman–Crippen MR) is 409 cm³/mol. The Morgan fingerprint density at radius 1 is 0.204 bits per heavy atom. The van der Waals surface area contributed by atoms with Gasteiger partial charge in [-0.3, -0.25) is 0 Å². The Labute approximate surface area is 574 Å². The fraction of sp³-hybridized carbons (Fsp3) is 0.182. The largest absolute Gasteiger partial charge is 0.309 e. The van der Waals surface area contributed by atoms with E-state index in [4.69, 9.17) is 0 Å². The Hall–Kier alpha value is -10.3. The molecule has 4 heterocycles. The average Bonchev–Trinajstić information content (AvgIpc) is 1.59. The second kappa shape index (κ2) is 23.2. The lowest BCUT2D eigenvalue weighted by atomic mass is 9.85. The molecule has 16 aromatic rings. The molecule has 0 aliphatic rings. The summed E-state index contributed by atoms with van der Waals surface area (Å²) >= 11 is 0. The zero-order chi connectivity index (χ0) is 68.6. The van der Waals surface area contributed by atoms with Crippen molar-refractivity contribution in [3.8, 4) is 22.7 Å². The fourth-order valence-corrected chi connectivity index (χ4v) is 16.8. The zero-order valence-corrected chi connectivity index (χ0v) is 59.3. The molecule has 0 aliphatic carbocycles. The molecule has 8 nitrogen and oxygen atoms in total. The lowest BCUT2D eigenvalue weighted by molar-refractivity contribution is 0.590. The van der Waals surface area contributed by atoms with Crippen LogP contribution in [-0.4, -0.2) is 35.1 Å². The molecule has 0 N–H and O–H groups in total. The van der Waals surface area contributed by atoms with Crippen molar-refractivity contribution in [3.63, 3.8) is 0 Å². The number of rotatable bonds is 8. The number of hydrogen-bond acceptors (Lipinski definition) is 4. The van der Waals surface area contributed by atoms with Gasteiger partial charge < -0.3 is 18.3 Å². The van der Waals surface area contributed by atoms with E-state index in [1.54, 1.807) is 42.5 Å². The van der Waals surface area contributed by atoms with Gasteiger partial charge in [-0.25, -0.2) is 16.8 Å². The van der Waals surface area contributed by atoms with E-state index in [-0.39, 0.29) is 41.2 Å². The molecule has 0 aliphatic heterocycles. The summed E-state index contributed by atoms with van der Waals surface area (Å²) in [5.41, 5.74) is 17.3. The van der Waals surface area contributed by atoms with Crippen molar-refractivity contribution < 1.29 is 16.8 Å². The first kappa shape index (κ1) is 63.8. The zero-order valence-electron chi connectivity index (χ0n) is 57.6. The predicted octanol–water partition coefficient (Wildman–Crippen LogP) is 22.6. The topological polar surface area (TPSA) is 88.0 Å². The van der Waals surface area contributed by atoms with Crippen molar-refractivity contribution in [3.05, 3.63) is 289 Å². The molecular weight excluding hydrogens is 1240 g/mol. The molecule has 0 spiro atoms. The molecule has 0 radical (unpaired) electrons. The van der Waals surface area contributed by atoms with E-state index in [1.165, 1.54) is 65.3 Å². The normalized spacial score (nSPS) is 12.9. The smallest absolute Gasteiger partial charge is 0.206 e. The van der Waals surface area contributed by atoms with E-state index >= 15 is 0 Å². The molecule has 0 amide bonds. The maximum absolute atomic E-state index is 14.5. The molecule has 0 fully saturated rings. The highest BCUT2D eigenvalue weighted by Crippen LogP contribution is 2.42. The summed E-state index contributed by atoms with van der Waals surface area (Å²) in [6.45, 7) is 26.9. The fourth-order valence-electron chi connectivity index (χ4n) is 14.3. The molecule has 12 aromatic carbocycles. The van der Waals surface area contributed by atoms with Crippen LogP contribution >= 0.6 is 0 Å². The Kier molecular flexibility index (Phi) is 15.1. The minimum atomic E-state index is -3.85. The number of sulfone groups is 2. The van der Waals surface area contributed by atoms with E-state index in [0.29, 0.717) is 0 Å². The molecule has 16 rings (SSSR count). The van der Waals surface area contributed by atoms with Crippen molar-refractivity contribution in [2.45, 2.75) is 124 Å². The van der Waals surface area contributed by atoms with Gasteiger partial charge in [-0.1, -0.05) is 186 Å². The summed E-state index contributed by atoms with van der Waals surface area (Å²) in [6, 6.07) is 89.2. The van der Waals surface area contributed by atoms with Crippen LogP contribution in [-0.2, 0) is 41.3 Å². The first-order valence-corrected chi connectivity index (χ1v) is 36.7. The van der Waals surface area contributed by atoms with Crippen LogP contribution in [0.25, 0.3) is 110 Å². The van der Waals surface area contributed by atoms with Crippen LogP contribution in [0.5, 0.6) is 0 Å². The molecule has 98 heavy (non-hydrogen) atoms. The van der Waals surface area contributed by atoms with Gasteiger partial charge in [0.25, 0.3) is 0 Å². The minimum absolute atomic E-state index is 0.00465. The highest BCUT2D eigenvalue weighted by molar-refractivity contribution is 7.91. The Morgan fingerprint density at radius 2 is 0.439 bits per heavy atom. The Bertz CT molecular complexity index is 5680.